The van der Waals surface area contributed by atoms with E-state index >= 15 is 0 Å². The number of alkyl halides is 1. The predicted octanol–water partition coefficient (Wildman–Crippen LogP) is 3.02. The maximum absolute atomic E-state index is 13.5. The van der Waals surface area contributed by atoms with Crippen LogP contribution in [0.4, 0.5) is 4.39 Å². The van der Waals surface area contributed by atoms with Crippen molar-refractivity contribution in [3.05, 3.63) is 48.3 Å². The maximum Gasteiger partial charge on any atom is 0.221 e. The van der Waals surface area contributed by atoms with Crippen LogP contribution in [0.5, 0.6) is 0 Å². The van der Waals surface area contributed by atoms with Crippen molar-refractivity contribution in [2.24, 2.45) is 0 Å². The fraction of sp³-hybridized carbons (Fsp3) is 0.0909. The first-order valence-electron chi connectivity index (χ1n) is 4.43. The second-order valence-corrected chi connectivity index (χ2v) is 3.28. The van der Waals surface area contributed by atoms with Crippen LogP contribution in [0.25, 0.3) is 11.1 Å². The Morgan fingerprint density at radius 1 is 1.13 bits per heavy atom. The molecule has 0 aliphatic carbocycles. The van der Waals surface area contributed by atoms with E-state index in [9.17, 15) is 4.39 Å². The van der Waals surface area contributed by atoms with Crippen molar-refractivity contribution in [3.8, 4) is 11.1 Å². The monoisotopic (exact) mass is 222 g/mol. The minimum absolute atomic E-state index is 0.216. The molecule has 0 amide bonds. The van der Waals surface area contributed by atoms with Crippen molar-refractivity contribution in [1.29, 1.82) is 0 Å². The first-order chi connectivity index (χ1) is 7.31. The van der Waals surface area contributed by atoms with Gasteiger partial charge in [0.15, 0.2) is 0 Å². The van der Waals surface area contributed by atoms with Gasteiger partial charge in [-0.3, -0.25) is 4.98 Å². The zero-order valence-electron chi connectivity index (χ0n) is 7.82. The van der Waals surface area contributed by atoms with E-state index in [0.29, 0.717) is 11.3 Å². The summed E-state index contributed by atoms with van der Waals surface area (Å²) >= 11 is 5.56. The van der Waals surface area contributed by atoms with E-state index in [1.165, 1.54) is 0 Å². The Bertz CT molecular complexity index is 459. The van der Waals surface area contributed by atoms with Crippen LogP contribution in [0, 0.1) is 5.95 Å². The molecule has 0 spiro atoms. The zero-order chi connectivity index (χ0) is 10.7. The highest BCUT2D eigenvalue weighted by molar-refractivity contribution is 6.16. The molecule has 0 radical (unpaired) electrons. The smallest absolute Gasteiger partial charge is 0.221 e. The van der Waals surface area contributed by atoms with Crippen LogP contribution in [-0.2, 0) is 5.88 Å². The first-order valence-corrected chi connectivity index (χ1v) is 4.96. The van der Waals surface area contributed by atoms with Gasteiger partial charge in [0, 0.05) is 18.0 Å². The van der Waals surface area contributed by atoms with E-state index in [-0.39, 0.29) is 5.88 Å². The second-order valence-electron chi connectivity index (χ2n) is 3.01. The van der Waals surface area contributed by atoms with Gasteiger partial charge in [0.25, 0.3) is 0 Å². The standard InChI is InChI=1S/C11H8ClFN2/c12-7-9-1-2-10(11(13)15-9)8-3-5-14-6-4-8/h1-6H,7H2. The largest absolute Gasteiger partial charge is 0.265 e. The van der Waals surface area contributed by atoms with Crippen molar-refractivity contribution in [2.75, 3.05) is 0 Å². The van der Waals surface area contributed by atoms with Gasteiger partial charge < -0.3 is 0 Å². The van der Waals surface area contributed by atoms with Gasteiger partial charge in [-0.15, -0.1) is 11.6 Å². The first kappa shape index (κ1) is 10.1. The van der Waals surface area contributed by atoms with Crippen LogP contribution >= 0.6 is 11.6 Å². The highest BCUT2D eigenvalue weighted by Gasteiger charge is 2.06. The highest BCUT2D eigenvalue weighted by atomic mass is 35.5. The molecule has 0 saturated heterocycles. The van der Waals surface area contributed by atoms with Gasteiger partial charge in [-0.1, -0.05) is 0 Å². The van der Waals surface area contributed by atoms with Gasteiger partial charge in [0.05, 0.1) is 11.6 Å². The molecular formula is C11H8ClFN2. The van der Waals surface area contributed by atoms with Crippen molar-refractivity contribution in [2.45, 2.75) is 5.88 Å². The van der Waals surface area contributed by atoms with Gasteiger partial charge in [-0.2, -0.15) is 4.39 Å². The molecule has 2 aromatic heterocycles. The van der Waals surface area contributed by atoms with E-state index in [1.54, 1.807) is 36.7 Å². The molecule has 15 heavy (non-hydrogen) atoms. The van der Waals surface area contributed by atoms with Gasteiger partial charge >= 0.3 is 0 Å². The Hall–Kier alpha value is -1.48. The molecule has 76 valence electrons. The molecule has 0 bridgehead atoms. The van der Waals surface area contributed by atoms with Gasteiger partial charge in [0.2, 0.25) is 5.95 Å². The van der Waals surface area contributed by atoms with E-state index in [4.69, 9.17) is 11.6 Å². The Kier molecular flexibility index (Phi) is 2.92. The molecule has 0 aromatic carbocycles. The van der Waals surface area contributed by atoms with Crippen LogP contribution in [0.1, 0.15) is 5.69 Å². The summed E-state index contributed by atoms with van der Waals surface area (Å²) < 4.78 is 13.5. The van der Waals surface area contributed by atoms with Crippen molar-refractivity contribution in [1.82, 2.24) is 9.97 Å². The highest BCUT2D eigenvalue weighted by Crippen LogP contribution is 2.21. The summed E-state index contributed by atoms with van der Waals surface area (Å²) in [4.78, 5) is 7.62. The molecule has 2 nitrogen and oxygen atoms in total. The molecular weight excluding hydrogens is 215 g/mol. The van der Waals surface area contributed by atoms with Gasteiger partial charge in [-0.05, 0) is 29.8 Å². The molecule has 0 atom stereocenters. The number of pyridine rings is 2. The van der Waals surface area contributed by atoms with Crippen LogP contribution in [0.2, 0.25) is 0 Å². The molecule has 2 aromatic rings. The number of hydrogen-bond acceptors (Lipinski definition) is 2. The maximum atomic E-state index is 13.5. The van der Waals surface area contributed by atoms with E-state index < -0.39 is 5.95 Å². The molecule has 2 heterocycles. The molecule has 0 fully saturated rings. The van der Waals surface area contributed by atoms with Gasteiger partial charge in [-0.25, -0.2) is 4.98 Å². The van der Waals surface area contributed by atoms with Crippen molar-refractivity contribution < 1.29 is 4.39 Å². The number of rotatable bonds is 2. The quantitative estimate of drug-likeness (QED) is 0.577. The predicted molar refractivity (Wildman–Crippen MR) is 57.0 cm³/mol. The van der Waals surface area contributed by atoms with E-state index in [2.05, 4.69) is 9.97 Å². The van der Waals surface area contributed by atoms with Crippen LogP contribution in [-0.4, -0.2) is 9.97 Å². The Morgan fingerprint density at radius 2 is 1.87 bits per heavy atom. The number of halogens is 2. The average Bonchev–Trinajstić information content (AvgIpc) is 2.30. The van der Waals surface area contributed by atoms with Crippen LogP contribution in [0.15, 0.2) is 36.7 Å². The summed E-state index contributed by atoms with van der Waals surface area (Å²) in [6.45, 7) is 0. The van der Waals surface area contributed by atoms with Crippen LogP contribution < -0.4 is 0 Å². The summed E-state index contributed by atoms with van der Waals surface area (Å²) in [5.41, 5.74) is 1.76. The lowest BCUT2D eigenvalue weighted by Crippen LogP contribution is -1.93. The zero-order valence-corrected chi connectivity index (χ0v) is 8.58. The fourth-order valence-corrected chi connectivity index (χ4v) is 1.44. The van der Waals surface area contributed by atoms with Crippen molar-refractivity contribution >= 4 is 11.6 Å². The lowest BCUT2D eigenvalue weighted by molar-refractivity contribution is 0.583. The average molecular weight is 223 g/mol. The molecule has 2 rings (SSSR count). The second kappa shape index (κ2) is 4.36. The van der Waals surface area contributed by atoms with E-state index in [0.717, 1.165) is 5.56 Å². The number of aromatic nitrogens is 2. The fourth-order valence-electron chi connectivity index (χ4n) is 1.29. The molecule has 0 aliphatic heterocycles. The molecule has 0 aliphatic rings. The van der Waals surface area contributed by atoms with E-state index in [1.807, 2.05) is 0 Å². The summed E-state index contributed by atoms with van der Waals surface area (Å²) in [6, 6.07) is 6.86. The Morgan fingerprint density at radius 3 is 2.47 bits per heavy atom. The summed E-state index contributed by atoms with van der Waals surface area (Å²) in [6.07, 6.45) is 3.23. The Labute approximate surface area is 91.8 Å². The summed E-state index contributed by atoms with van der Waals surface area (Å²) in [7, 11) is 0. The molecule has 0 saturated carbocycles. The van der Waals surface area contributed by atoms with Crippen molar-refractivity contribution in [3.63, 3.8) is 0 Å². The lowest BCUT2D eigenvalue weighted by atomic mass is 10.1. The summed E-state index contributed by atoms with van der Waals surface area (Å²) in [5.74, 6) is -0.285. The lowest BCUT2D eigenvalue weighted by Gasteiger charge is -2.03. The number of nitrogens with zero attached hydrogens (tertiary/aromatic N) is 2. The van der Waals surface area contributed by atoms with Crippen LogP contribution in [0.3, 0.4) is 0 Å². The normalized spacial score (nSPS) is 10.3. The molecule has 4 heteroatoms. The molecule has 0 unspecified atom stereocenters. The third-order valence-corrected chi connectivity index (χ3v) is 2.31. The number of hydrogen-bond donors (Lipinski definition) is 0. The Balaban J connectivity index is 2.46. The minimum Gasteiger partial charge on any atom is -0.265 e. The minimum atomic E-state index is -0.501. The molecule has 0 N–H and O–H groups in total. The third-order valence-electron chi connectivity index (χ3n) is 2.03. The third kappa shape index (κ3) is 2.13. The SMILES string of the molecule is Fc1nc(CCl)ccc1-c1ccncc1. The topological polar surface area (TPSA) is 25.8 Å². The van der Waals surface area contributed by atoms with Gasteiger partial charge in [0.1, 0.15) is 0 Å². The summed E-state index contributed by atoms with van der Waals surface area (Å²) in [5, 5.41) is 0.